The van der Waals surface area contributed by atoms with Crippen LogP contribution in [0.1, 0.15) is 59.1 Å². The van der Waals surface area contributed by atoms with Gasteiger partial charge in [0.15, 0.2) is 0 Å². The summed E-state index contributed by atoms with van der Waals surface area (Å²) in [6.07, 6.45) is 1.01. The van der Waals surface area contributed by atoms with E-state index >= 15 is 0 Å². The first kappa shape index (κ1) is 24.0. The SMILES string of the molecule is C=C(C)c1cncc(C2(c3nc4c(c(=O)[nH]3)CN(C(=O)Cc3cccc(C(F)(F)F)c3)CC4)CC2)c1. The van der Waals surface area contributed by atoms with Gasteiger partial charge in [0.25, 0.3) is 5.56 Å². The average Bonchev–Trinajstić information content (AvgIpc) is 3.66. The van der Waals surface area contributed by atoms with Crippen molar-refractivity contribution in [2.24, 2.45) is 0 Å². The minimum Gasteiger partial charge on any atom is -0.337 e. The highest BCUT2D eigenvalue weighted by Crippen LogP contribution is 2.52. The van der Waals surface area contributed by atoms with Gasteiger partial charge in [-0.25, -0.2) is 4.98 Å². The fourth-order valence-corrected chi connectivity index (χ4v) is 4.73. The number of nitrogens with zero attached hydrogens (tertiary/aromatic N) is 3. The molecule has 1 aliphatic carbocycles. The lowest BCUT2D eigenvalue weighted by molar-refractivity contribution is -0.138. The maximum absolute atomic E-state index is 13.1. The number of hydrogen-bond donors (Lipinski definition) is 1. The first-order chi connectivity index (χ1) is 17.1. The van der Waals surface area contributed by atoms with Crippen LogP contribution in [0.2, 0.25) is 0 Å². The lowest BCUT2D eigenvalue weighted by Gasteiger charge is -2.29. The van der Waals surface area contributed by atoms with E-state index in [1.54, 1.807) is 12.4 Å². The Labute approximate surface area is 205 Å². The molecule has 9 heteroatoms. The third-order valence-electron chi connectivity index (χ3n) is 7.02. The Hall–Kier alpha value is -3.75. The number of carbonyl (C=O) groups excluding carboxylic acids is 1. The van der Waals surface area contributed by atoms with Crippen molar-refractivity contribution in [2.45, 2.75) is 50.7 Å². The number of benzene rings is 1. The number of amides is 1. The molecule has 36 heavy (non-hydrogen) atoms. The number of rotatable bonds is 5. The summed E-state index contributed by atoms with van der Waals surface area (Å²) in [7, 11) is 0. The zero-order valence-corrected chi connectivity index (χ0v) is 19.8. The quantitative estimate of drug-likeness (QED) is 0.570. The number of carbonyl (C=O) groups is 1. The molecule has 1 N–H and O–H groups in total. The van der Waals surface area contributed by atoms with Crippen molar-refractivity contribution in [3.63, 3.8) is 0 Å². The van der Waals surface area contributed by atoms with Gasteiger partial charge in [0, 0.05) is 25.4 Å². The first-order valence-corrected chi connectivity index (χ1v) is 11.7. The van der Waals surface area contributed by atoms with E-state index < -0.39 is 11.7 Å². The van der Waals surface area contributed by atoms with Gasteiger partial charge in [-0.3, -0.25) is 14.6 Å². The van der Waals surface area contributed by atoms with E-state index in [0.717, 1.165) is 41.7 Å². The summed E-state index contributed by atoms with van der Waals surface area (Å²) in [5.74, 6) is 0.278. The van der Waals surface area contributed by atoms with Crippen LogP contribution in [0.25, 0.3) is 5.57 Å². The zero-order chi connectivity index (χ0) is 25.7. The highest BCUT2D eigenvalue weighted by Gasteiger charge is 2.49. The van der Waals surface area contributed by atoms with Gasteiger partial charge >= 0.3 is 6.18 Å². The number of allylic oxidation sites excluding steroid dienone is 1. The fourth-order valence-electron chi connectivity index (χ4n) is 4.73. The second kappa shape index (κ2) is 8.72. The summed E-state index contributed by atoms with van der Waals surface area (Å²) < 4.78 is 39.0. The van der Waals surface area contributed by atoms with Gasteiger partial charge in [-0.1, -0.05) is 24.8 Å². The molecule has 3 heterocycles. The average molecular weight is 495 g/mol. The van der Waals surface area contributed by atoms with Crippen molar-refractivity contribution >= 4 is 11.5 Å². The molecule has 0 unspecified atom stereocenters. The molecule has 1 amide bonds. The van der Waals surface area contributed by atoms with Crippen LogP contribution in [0.4, 0.5) is 13.2 Å². The molecule has 0 radical (unpaired) electrons. The second-order valence-corrected chi connectivity index (χ2v) is 9.60. The molecule has 1 saturated carbocycles. The molecule has 186 valence electrons. The van der Waals surface area contributed by atoms with E-state index in [1.807, 2.05) is 13.0 Å². The van der Waals surface area contributed by atoms with Crippen molar-refractivity contribution in [1.82, 2.24) is 19.9 Å². The summed E-state index contributed by atoms with van der Waals surface area (Å²) in [5.41, 5.74) is 2.73. The van der Waals surface area contributed by atoms with Crippen LogP contribution in [-0.2, 0) is 35.8 Å². The Morgan fingerprint density at radius 3 is 2.69 bits per heavy atom. The van der Waals surface area contributed by atoms with E-state index in [-0.39, 0.29) is 35.4 Å². The monoisotopic (exact) mass is 494 g/mol. The molecule has 0 spiro atoms. The third kappa shape index (κ3) is 4.45. The molecule has 2 aliphatic rings. The molecule has 1 aromatic carbocycles. The number of aromatic amines is 1. The van der Waals surface area contributed by atoms with Gasteiger partial charge in [-0.15, -0.1) is 0 Å². The molecule has 6 nitrogen and oxygen atoms in total. The van der Waals surface area contributed by atoms with Crippen molar-refractivity contribution in [3.05, 3.63) is 99.0 Å². The van der Waals surface area contributed by atoms with E-state index in [2.05, 4.69) is 16.5 Å². The van der Waals surface area contributed by atoms with Gasteiger partial charge in [0.2, 0.25) is 5.91 Å². The Morgan fingerprint density at radius 2 is 2.00 bits per heavy atom. The van der Waals surface area contributed by atoms with Crippen LogP contribution < -0.4 is 5.56 Å². The van der Waals surface area contributed by atoms with Crippen molar-refractivity contribution in [2.75, 3.05) is 6.54 Å². The van der Waals surface area contributed by atoms with Crippen LogP contribution in [0.3, 0.4) is 0 Å². The van der Waals surface area contributed by atoms with E-state index in [9.17, 15) is 22.8 Å². The van der Waals surface area contributed by atoms with E-state index in [1.165, 1.54) is 17.0 Å². The third-order valence-corrected chi connectivity index (χ3v) is 7.02. The van der Waals surface area contributed by atoms with Gasteiger partial charge in [-0.05, 0) is 54.2 Å². The van der Waals surface area contributed by atoms with Gasteiger partial charge in [0.05, 0.1) is 35.2 Å². The van der Waals surface area contributed by atoms with Crippen LogP contribution in [0, 0.1) is 0 Å². The summed E-state index contributed by atoms with van der Waals surface area (Å²) in [5, 5.41) is 0. The first-order valence-electron chi connectivity index (χ1n) is 11.7. The number of alkyl halides is 3. The Kier molecular flexibility index (Phi) is 5.81. The lowest BCUT2D eigenvalue weighted by atomic mass is 9.93. The minimum atomic E-state index is -4.47. The standard InChI is InChI=1S/C27H25F3N4O2/c1-16(2)18-12-20(14-31-13-18)26(7-8-26)25-32-22-6-9-34(15-21(22)24(36)33-25)23(35)11-17-4-3-5-19(10-17)27(28,29)30/h3-5,10,12-14H,1,6-9,11,15H2,2H3,(H,32,33,36). The predicted molar refractivity (Wildman–Crippen MR) is 128 cm³/mol. The molecule has 3 aromatic rings. The van der Waals surface area contributed by atoms with E-state index in [0.29, 0.717) is 30.0 Å². The Morgan fingerprint density at radius 1 is 1.22 bits per heavy atom. The van der Waals surface area contributed by atoms with Crippen molar-refractivity contribution in [1.29, 1.82) is 0 Å². The van der Waals surface area contributed by atoms with E-state index in [4.69, 9.17) is 4.98 Å². The second-order valence-electron chi connectivity index (χ2n) is 9.60. The maximum atomic E-state index is 13.1. The van der Waals surface area contributed by atoms with Gasteiger partial charge in [0.1, 0.15) is 5.82 Å². The van der Waals surface area contributed by atoms with Crippen molar-refractivity contribution in [3.8, 4) is 0 Å². The van der Waals surface area contributed by atoms with Crippen LogP contribution in [-0.4, -0.2) is 32.3 Å². The Balaban J connectivity index is 1.36. The van der Waals surface area contributed by atoms with Crippen LogP contribution >= 0.6 is 0 Å². The number of aromatic nitrogens is 3. The maximum Gasteiger partial charge on any atom is 0.416 e. The molecular weight excluding hydrogens is 469 g/mol. The molecule has 0 atom stereocenters. The van der Waals surface area contributed by atoms with Gasteiger partial charge < -0.3 is 9.88 Å². The zero-order valence-electron chi connectivity index (χ0n) is 19.8. The largest absolute Gasteiger partial charge is 0.416 e. The molecule has 2 aromatic heterocycles. The smallest absolute Gasteiger partial charge is 0.337 e. The number of fused-ring (bicyclic) bond motifs is 1. The highest BCUT2D eigenvalue weighted by atomic mass is 19.4. The molecular formula is C27H25F3N4O2. The minimum absolute atomic E-state index is 0.0788. The summed E-state index contributed by atoms with van der Waals surface area (Å²) in [4.78, 5) is 39.5. The summed E-state index contributed by atoms with van der Waals surface area (Å²) in [6.45, 7) is 6.32. The molecule has 0 bridgehead atoms. The molecule has 1 aliphatic heterocycles. The van der Waals surface area contributed by atoms with Crippen LogP contribution in [0.5, 0.6) is 0 Å². The normalized spacial score (nSPS) is 16.4. The lowest BCUT2D eigenvalue weighted by Crippen LogP contribution is -2.41. The summed E-state index contributed by atoms with van der Waals surface area (Å²) >= 11 is 0. The molecule has 5 rings (SSSR count). The predicted octanol–water partition coefficient (Wildman–Crippen LogP) is 4.42. The number of hydrogen-bond acceptors (Lipinski definition) is 4. The number of H-pyrrole nitrogens is 1. The fraction of sp³-hybridized carbons (Fsp3) is 0.333. The molecule has 1 fully saturated rings. The highest BCUT2D eigenvalue weighted by molar-refractivity contribution is 5.79. The van der Waals surface area contributed by atoms with Crippen LogP contribution in [0.15, 0.2) is 54.1 Å². The number of nitrogens with one attached hydrogen (secondary N) is 1. The topological polar surface area (TPSA) is 79.0 Å². The summed E-state index contributed by atoms with van der Waals surface area (Å²) in [6, 6.07) is 6.80. The molecule has 0 saturated heterocycles. The Bertz CT molecular complexity index is 1420. The number of pyridine rings is 1. The number of halogens is 3. The van der Waals surface area contributed by atoms with Gasteiger partial charge in [-0.2, -0.15) is 13.2 Å². The van der Waals surface area contributed by atoms with Crippen molar-refractivity contribution < 1.29 is 18.0 Å².